The Morgan fingerprint density at radius 1 is 1.36 bits per heavy atom. The van der Waals surface area contributed by atoms with E-state index >= 15 is 0 Å². The smallest absolute Gasteiger partial charge is 0.101 e. The fourth-order valence-electron chi connectivity index (χ4n) is 2.28. The Morgan fingerprint density at radius 3 is 2.57 bits per heavy atom. The molecule has 0 aromatic rings. The molecule has 0 bridgehead atoms. The van der Waals surface area contributed by atoms with Crippen molar-refractivity contribution in [1.82, 2.24) is 10.2 Å². The largest absolute Gasteiger partial charge is 0.375 e. The first-order chi connectivity index (χ1) is 6.57. The summed E-state index contributed by atoms with van der Waals surface area (Å²) in [6.45, 7) is 6.85. The minimum Gasteiger partial charge on any atom is -0.375 e. The molecule has 0 atom stereocenters. The highest BCUT2D eigenvalue weighted by molar-refractivity contribution is 7.80. The highest BCUT2D eigenvalue weighted by atomic mass is 32.1. The second-order valence-corrected chi connectivity index (χ2v) is 5.32. The van der Waals surface area contributed by atoms with Gasteiger partial charge in [-0.05, 0) is 32.8 Å². The van der Waals surface area contributed by atoms with E-state index in [-0.39, 0.29) is 5.54 Å². The van der Waals surface area contributed by atoms with Crippen molar-refractivity contribution < 1.29 is 0 Å². The lowest BCUT2D eigenvalue weighted by molar-refractivity contribution is 0.347. The van der Waals surface area contributed by atoms with E-state index in [1.165, 1.54) is 31.6 Å². The summed E-state index contributed by atoms with van der Waals surface area (Å²) >= 11 is 5.25. The van der Waals surface area contributed by atoms with Gasteiger partial charge in [-0.3, -0.25) is 0 Å². The number of thiocarbonyl (C=S) groups is 1. The van der Waals surface area contributed by atoms with Crippen LogP contribution in [0.5, 0.6) is 0 Å². The first-order valence-electron chi connectivity index (χ1n) is 5.34. The standard InChI is InChI=1S/C11H18N2S/c1-11(2)8-9(7-10(14)12-11)13-5-3-4-6-13/h7H,3-6,8H2,1-2H3,(H,12,14). The van der Waals surface area contributed by atoms with Crippen LogP contribution in [0.1, 0.15) is 33.1 Å². The van der Waals surface area contributed by atoms with Crippen molar-refractivity contribution in [3.05, 3.63) is 11.8 Å². The molecule has 78 valence electrons. The monoisotopic (exact) mass is 210 g/mol. The van der Waals surface area contributed by atoms with Gasteiger partial charge in [0, 0.05) is 30.7 Å². The van der Waals surface area contributed by atoms with Gasteiger partial charge in [0.25, 0.3) is 0 Å². The summed E-state index contributed by atoms with van der Waals surface area (Å²) in [5.41, 5.74) is 1.56. The summed E-state index contributed by atoms with van der Waals surface area (Å²) in [7, 11) is 0. The Balaban J connectivity index is 2.14. The maximum absolute atomic E-state index is 5.25. The average Bonchev–Trinajstić information content (AvgIpc) is 2.51. The van der Waals surface area contributed by atoms with E-state index in [4.69, 9.17) is 12.2 Å². The van der Waals surface area contributed by atoms with E-state index in [1.807, 2.05) is 0 Å². The molecule has 1 fully saturated rings. The Morgan fingerprint density at radius 2 is 2.00 bits per heavy atom. The molecule has 0 saturated carbocycles. The number of nitrogens with one attached hydrogen (secondary N) is 1. The Kier molecular flexibility index (Phi) is 2.52. The first-order valence-corrected chi connectivity index (χ1v) is 5.75. The molecular weight excluding hydrogens is 192 g/mol. The van der Waals surface area contributed by atoms with Gasteiger partial charge in [0.2, 0.25) is 0 Å². The summed E-state index contributed by atoms with van der Waals surface area (Å²) in [6.07, 6.45) is 5.88. The van der Waals surface area contributed by atoms with Gasteiger partial charge in [-0.15, -0.1) is 0 Å². The molecule has 0 aromatic carbocycles. The molecule has 1 N–H and O–H groups in total. The number of nitrogens with zero attached hydrogens (tertiary/aromatic N) is 1. The van der Waals surface area contributed by atoms with Crippen LogP contribution in [0.3, 0.4) is 0 Å². The average molecular weight is 210 g/mol. The van der Waals surface area contributed by atoms with Crippen LogP contribution < -0.4 is 5.32 Å². The molecular formula is C11H18N2S. The van der Waals surface area contributed by atoms with Crippen LogP contribution in [-0.2, 0) is 0 Å². The Bertz CT molecular complexity index is 275. The van der Waals surface area contributed by atoms with Crippen LogP contribution in [0.2, 0.25) is 0 Å². The third kappa shape index (κ3) is 2.08. The molecule has 2 heterocycles. The highest BCUT2D eigenvalue weighted by Crippen LogP contribution is 2.26. The number of rotatable bonds is 1. The van der Waals surface area contributed by atoms with Crippen LogP contribution in [0.15, 0.2) is 11.8 Å². The summed E-state index contributed by atoms with van der Waals surface area (Å²) in [5.74, 6) is 0. The maximum atomic E-state index is 5.25. The molecule has 14 heavy (non-hydrogen) atoms. The Labute approximate surface area is 91.4 Å². The second-order valence-electron chi connectivity index (χ2n) is 4.88. The van der Waals surface area contributed by atoms with Crippen LogP contribution >= 0.6 is 12.2 Å². The lowest BCUT2D eigenvalue weighted by Gasteiger charge is -2.36. The van der Waals surface area contributed by atoms with Crippen molar-refractivity contribution in [2.24, 2.45) is 0 Å². The molecule has 0 unspecified atom stereocenters. The van der Waals surface area contributed by atoms with Crippen LogP contribution in [-0.4, -0.2) is 28.5 Å². The van der Waals surface area contributed by atoms with Gasteiger partial charge in [-0.25, -0.2) is 0 Å². The topological polar surface area (TPSA) is 15.3 Å². The summed E-state index contributed by atoms with van der Waals surface area (Å²) < 4.78 is 0. The number of hydrogen-bond acceptors (Lipinski definition) is 2. The summed E-state index contributed by atoms with van der Waals surface area (Å²) in [6, 6.07) is 0. The SMILES string of the molecule is CC1(C)CC(N2CCCC2)=CC(=S)N1. The van der Waals surface area contributed by atoms with Crippen molar-refractivity contribution >= 4 is 17.2 Å². The zero-order chi connectivity index (χ0) is 10.2. The first kappa shape index (κ1) is 9.97. The van der Waals surface area contributed by atoms with Crippen LogP contribution in [0.4, 0.5) is 0 Å². The maximum Gasteiger partial charge on any atom is 0.101 e. The molecule has 2 nitrogen and oxygen atoms in total. The van der Waals surface area contributed by atoms with Crippen molar-refractivity contribution in [3.8, 4) is 0 Å². The summed E-state index contributed by atoms with van der Waals surface area (Å²) in [4.78, 5) is 3.37. The molecule has 0 amide bonds. The summed E-state index contributed by atoms with van der Waals surface area (Å²) in [5, 5.41) is 3.34. The fourth-order valence-corrected chi connectivity index (χ4v) is 2.69. The number of hydrogen-bond donors (Lipinski definition) is 1. The highest BCUT2D eigenvalue weighted by Gasteiger charge is 2.28. The quantitative estimate of drug-likeness (QED) is 0.667. The van der Waals surface area contributed by atoms with Crippen molar-refractivity contribution in [2.45, 2.75) is 38.6 Å². The van der Waals surface area contributed by atoms with Crippen LogP contribution in [0.25, 0.3) is 0 Å². The van der Waals surface area contributed by atoms with E-state index in [2.05, 4.69) is 30.1 Å². The van der Waals surface area contributed by atoms with Crippen molar-refractivity contribution in [1.29, 1.82) is 0 Å². The molecule has 0 aromatic heterocycles. The van der Waals surface area contributed by atoms with E-state index in [0.29, 0.717) is 0 Å². The fraction of sp³-hybridized carbons (Fsp3) is 0.727. The second kappa shape index (κ2) is 3.54. The minimum atomic E-state index is 0.129. The predicted octanol–water partition coefficient (Wildman–Crippen LogP) is 2.07. The molecule has 2 aliphatic rings. The molecule has 0 spiro atoms. The third-order valence-corrected chi connectivity index (χ3v) is 3.11. The normalized spacial score (nSPS) is 26.0. The van der Waals surface area contributed by atoms with E-state index in [0.717, 1.165) is 11.4 Å². The van der Waals surface area contributed by atoms with E-state index < -0.39 is 0 Å². The van der Waals surface area contributed by atoms with E-state index in [1.54, 1.807) is 0 Å². The van der Waals surface area contributed by atoms with Crippen molar-refractivity contribution in [3.63, 3.8) is 0 Å². The van der Waals surface area contributed by atoms with Crippen molar-refractivity contribution in [2.75, 3.05) is 13.1 Å². The van der Waals surface area contributed by atoms with Gasteiger partial charge in [-0.2, -0.15) is 0 Å². The molecule has 0 radical (unpaired) electrons. The van der Waals surface area contributed by atoms with Gasteiger partial charge in [0.05, 0.1) is 0 Å². The predicted molar refractivity (Wildman–Crippen MR) is 63.3 cm³/mol. The van der Waals surface area contributed by atoms with Gasteiger partial charge >= 0.3 is 0 Å². The zero-order valence-electron chi connectivity index (χ0n) is 8.97. The Hall–Kier alpha value is -0.570. The molecule has 2 rings (SSSR count). The van der Waals surface area contributed by atoms with Gasteiger partial charge in [0.1, 0.15) is 4.99 Å². The minimum absolute atomic E-state index is 0.129. The lowest BCUT2D eigenvalue weighted by Crippen LogP contribution is -2.47. The molecule has 1 saturated heterocycles. The van der Waals surface area contributed by atoms with Gasteiger partial charge < -0.3 is 10.2 Å². The molecule has 3 heteroatoms. The third-order valence-electron chi connectivity index (χ3n) is 2.89. The van der Waals surface area contributed by atoms with E-state index in [9.17, 15) is 0 Å². The lowest BCUT2D eigenvalue weighted by atomic mass is 9.94. The molecule has 2 aliphatic heterocycles. The van der Waals surface area contributed by atoms with Gasteiger partial charge in [-0.1, -0.05) is 12.2 Å². The zero-order valence-corrected chi connectivity index (χ0v) is 9.78. The van der Waals surface area contributed by atoms with Crippen LogP contribution in [0, 0.1) is 0 Å². The molecule has 0 aliphatic carbocycles. The van der Waals surface area contributed by atoms with Gasteiger partial charge in [0.15, 0.2) is 0 Å². The number of likely N-dealkylation sites (tertiary alicyclic amines) is 1.